The van der Waals surface area contributed by atoms with Gasteiger partial charge in [0, 0.05) is 90.0 Å². The van der Waals surface area contributed by atoms with Gasteiger partial charge < -0.3 is 20.1 Å². The summed E-state index contributed by atoms with van der Waals surface area (Å²) < 4.78 is 90.9. The van der Waals surface area contributed by atoms with E-state index in [0.717, 1.165) is 62.1 Å². The summed E-state index contributed by atoms with van der Waals surface area (Å²) in [5, 5.41) is 12.7. The number of unbranched alkanes of at least 4 members (excludes halogenated alkanes) is 1. The summed E-state index contributed by atoms with van der Waals surface area (Å²) in [5.41, 5.74) is 11.3. The number of hydrogen-bond donors (Lipinski definition) is 3. The number of nitrogens with zero attached hydrogens (tertiary/aromatic N) is 5. The second-order valence-electron chi connectivity index (χ2n) is 19.2. The maximum atomic E-state index is 15.0. The second-order valence-corrected chi connectivity index (χ2v) is 24.9. The van der Waals surface area contributed by atoms with Gasteiger partial charge in [-0.15, -0.1) is 0 Å². The largest absolute Gasteiger partial charge is 0.451 e. The summed E-state index contributed by atoms with van der Waals surface area (Å²) >= 11 is 16.2. The number of hydrogen-bond acceptors (Lipinski definition) is 13. The molecule has 13 nitrogen and oxygen atoms in total. The molecule has 2 aliphatic heterocycles. The van der Waals surface area contributed by atoms with E-state index in [2.05, 4.69) is 13.8 Å². The molecule has 7 aromatic carbocycles. The van der Waals surface area contributed by atoms with Gasteiger partial charge >= 0.3 is 0 Å². The molecular formula is C61H69Cl2F4N7O6S4. The van der Waals surface area contributed by atoms with Crippen LogP contribution in [-0.2, 0) is 26.3 Å². The van der Waals surface area contributed by atoms with Crippen LogP contribution in [0.15, 0.2) is 142 Å². The lowest BCUT2D eigenvalue weighted by Crippen LogP contribution is -2.57. The Morgan fingerprint density at radius 2 is 1.20 bits per heavy atom. The molecule has 2 aliphatic rings. The molecule has 2 fully saturated rings. The molecule has 0 saturated carbocycles. The highest BCUT2D eigenvalue weighted by Crippen LogP contribution is 2.39. The average molecular weight is 1270 g/mol. The minimum Gasteiger partial charge on any atom is -0.451 e. The molecule has 9 rings (SSSR count). The predicted octanol–water partition coefficient (Wildman–Crippen LogP) is 15.0. The van der Waals surface area contributed by atoms with Crippen LogP contribution in [0.5, 0.6) is 23.0 Å². The normalized spacial score (nSPS) is 16.0. The summed E-state index contributed by atoms with van der Waals surface area (Å²) in [7, 11) is 1.85. The zero-order valence-corrected chi connectivity index (χ0v) is 52.6. The van der Waals surface area contributed by atoms with Gasteiger partial charge in [0.2, 0.25) is 5.91 Å². The summed E-state index contributed by atoms with van der Waals surface area (Å²) in [4.78, 5) is 28.1. The molecule has 84 heavy (non-hydrogen) atoms. The minimum atomic E-state index is -2.11. The Bertz CT molecular complexity index is 3290. The summed E-state index contributed by atoms with van der Waals surface area (Å²) in [6.07, 6.45) is 2.64. The Morgan fingerprint density at radius 3 is 1.73 bits per heavy atom. The zero-order valence-electron chi connectivity index (χ0n) is 47.8. The Morgan fingerprint density at radius 1 is 0.690 bits per heavy atom. The molecule has 7 aromatic rings. The fraction of sp³-hybridized carbons (Fsp3) is 0.311. The molecule has 4 N–H and O–H groups in total. The predicted molar refractivity (Wildman–Crippen MR) is 335 cm³/mol. The van der Waals surface area contributed by atoms with Gasteiger partial charge in [0.15, 0.2) is 34.8 Å². The van der Waals surface area contributed by atoms with Gasteiger partial charge in [-0.25, -0.2) is 44.5 Å². The van der Waals surface area contributed by atoms with Crippen molar-refractivity contribution in [3.63, 3.8) is 0 Å². The molecule has 0 aromatic heterocycles. The van der Waals surface area contributed by atoms with Crippen LogP contribution in [0.25, 0.3) is 10.8 Å². The number of carbonyl (C=O) groups is 2. The maximum Gasteiger partial charge on any atom is 0.263 e. The number of rotatable bonds is 17. The van der Waals surface area contributed by atoms with Gasteiger partial charge in [0.25, 0.3) is 5.91 Å². The quantitative estimate of drug-likeness (QED) is 0.0345. The zero-order chi connectivity index (χ0) is 61.2. The first-order valence-electron chi connectivity index (χ1n) is 27.0. The van der Waals surface area contributed by atoms with Crippen molar-refractivity contribution in [1.82, 2.24) is 22.7 Å². The number of halogens is 6. The Kier molecular flexibility index (Phi) is 26.4. The topological polar surface area (TPSA) is 144 Å². The number of hydroxylamine groups is 1. The van der Waals surface area contributed by atoms with Crippen LogP contribution in [0.4, 0.5) is 23.2 Å². The summed E-state index contributed by atoms with van der Waals surface area (Å²) in [6.45, 7) is 14.2. The Labute approximate surface area is 515 Å². The van der Waals surface area contributed by atoms with Crippen LogP contribution in [0, 0.1) is 37.1 Å². The molecule has 1 unspecified atom stereocenters. The lowest BCUT2D eigenvalue weighted by Gasteiger charge is -2.38. The standard InChI is InChI=1S/C30H30F2N4O4S2.C25H23Cl2F2N3O2S2.C4H10.C2H6/c1-19-10-12-20(13-11-19)40-29-24(31)16-21(17-25(29)32)42(39)36-15-14-35(18-27(36)30(37)33-38)41-28-9-5-6-22-23(28)7-4-8-26(22)34(2)3;1-15-2-4-19(5-3-15)34-24-21(28)11-20(12-22(24)29)36-32-7-6-31(13-23(32)25(30)33)35-14-16-8-17(26)10-18(27)9-16;1-3-4-2;1-2/h4-13,16-17,27,38H,14-15,18H2,1-3H3,(H,33,37);2-5,8-12,23H,6-7,13-14H2,1H3,(H2,30,33);3-4H2,1-2H3;1-2H3/t27-,42?;23-;;/m11../s1. The van der Waals surface area contributed by atoms with Crippen molar-refractivity contribution in [3.05, 3.63) is 177 Å². The maximum absolute atomic E-state index is 15.0. The molecule has 0 aliphatic carbocycles. The average Bonchev–Trinajstić information content (AvgIpc) is 3.68. The van der Waals surface area contributed by atoms with E-state index in [-0.39, 0.29) is 23.7 Å². The first kappa shape index (κ1) is 67.6. The van der Waals surface area contributed by atoms with Gasteiger partial charge in [-0.3, -0.25) is 14.8 Å². The third kappa shape index (κ3) is 18.7. The molecule has 450 valence electrons. The number of piperazine rings is 2. The lowest BCUT2D eigenvalue weighted by molar-refractivity contribution is -0.134. The van der Waals surface area contributed by atoms with E-state index >= 15 is 0 Å². The minimum absolute atomic E-state index is 0.103. The van der Waals surface area contributed by atoms with Gasteiger partial charge in [-0.1, -0.05) is 135 Å². The monoisotopic (exact) mass is 1270 g/mol. The fourth-order valence-electron chi connectivity index (χ4n) is 8.38. The number of fused-ring (bicyclic) bond motifs is 1. The first-order chi connectivity index (χ1) is 40.2. The second kappa shape index (κ2) is 32.8. The van der Waals surface area contributed by atoms with Crippen LogP contribution in [0.1, 0.15) is 57.2 Å². The van der Waals surface area contributed by atoms with Crippen LogP contribution in [0.3, 0.4) is 0 Å². The van der Waals surface area contributed by atoms with Crippen LogP contribution < -0.4 is 25.6 Å². The molecular weight excluding hydrogens is 1200 g/mol. The Balaban J connectivity index is 0.000000249. The van der Waals surface area contributed by atoms with Gasteiger partial charge in [0.1, 0.15) is 34.6 Å². The molecule has 2 saturated heterocycles. The highest BCUT2D eigenvalue weighted by molar-refractivity contribution is 7.97. The molecule has 23 heteroatoms. The highest BCUT2D eigenvalue weighted by atomic mass is 35.5. The van der Waals surface area contributed by atoms with Crippen molar-refractivity contribution >= 4 is 98.3 Å². The fourth-order valence-corrected chi connectivity index (χ4v) is 13.4. The number of carbonyl (C=O) groups excluding carboxylic acids is 2. The summed E-state index contributed by atoms with van der Waals surface area (Å²) in [6, 6.07) is 33.5. The van der Waals surface area contributed by atoms with Crippen LogP contribution >= 0.6 is 59.0 Å². The van der Waals surface area contributed by atoms with E-state index in [9.17, 15) is 36.6 Å². The van der Waals surface area contributed by atoms with Crippen molar-refractivity contribution in [1.29, 1.82) is 0 Å². The van der Waals surface area contributed by atoms with Gasteiger partial charge in [-0.05, 0) is 128 Å². The SMILES string of the molecule is CC.CCCC.Cc1ccc(Oc2c(F)cc(S(=O)N3CCN(Sc4cccc5c(N(C)C)cccc45)C[C@@H]3C(=O)NO)cc2F)cc1.Cc1ccc(Oc2c(F)cc(SN3CCN(SCc4cc(Cl)cc(Cl)c4)C[C@@H]3C(N)=O)cc2F)cc1. The number of amides is 2. The lowest BCUT2D eigenvalue weighted by atomic mass is 10.1. The third-order valence-electron chi connectivity index (χ3n) is 12.8. The van der Waals surface area contributed by atoms with E-state index in [1.54, 1.807) is 76.3 Å². The molecule has 0 bridgehead atoms. The molecule has 0 radical (unpaired) electrons. The smallest absolute Gasteiger partial charge is 0.263 e. The van der Waals surface area contributed by atoms with E-state index in [4.69, 9.17) is 38.4 Å². The number of nitrogens with two attached hydrogens (primary N) is 1. The van der Waals surface area contributed by atoms with E-state index in [1.807, 2.05) is 104 Å². The summed E-state index contributed by atoms with van der Waals surface area (Å²) in [5.74, 6) is -4.88. The van der Waals surface area contributed by atoms with Crippen molar-refractivity contribution in [2.24, 2.45) is 5.73 Å². The van der Waals surface area contributed by atoms with E-state index < -0.39 is 69.7 Å². The number of benzene rings is 7. The van der Waals surface area contributed by atoms with Gasteiger partial charge in [0.05, 0.1) is 4.90 Å². The number of aryl methyl sites for hydroxylation is 2. The number of primary amides is 1. The van der Waals surface area contributed by atoms with Crippen LogP contribution in [-0.4, -0.2) is 104 Å². The van der Waals surface area contributed by atoms with Gasteiger partial charge in [-0.2, -0.15) is 0 Å². The number of anilines is 1. The number of nitrogens with one attached hydrogen (secondary N) is 1. The third-order valence-corrected chi connectivity index (χ3v) is 18.2. The van der Waals surface area contributed by atoms with Crippen LogP contribution in [0.2, 0.25) is 10.0 Å². The molecule has 2 amide bonds. The van der Waals surface area contributed by atoms with Crippen molar-refractivity contribution < 1.29 is 46.0 Å². The molecule has 2 heterocycles. The van der Waals surface area contributed by atoms with E-state index in [1.165, 1.54) is 41.2 Å². The molecule has 3 atom stereocenters. The van der Waals surface area contributed by atoms with E-state index in [0.29, 0.717) is 52.6 Å². The van der Waals surface area contributed by atoms with Crippen molar-refractivity contribution in [3.8, 4) is 23.0 Å². The van der Waals surface area contributed by atoms with Crippen molar-refractivity contribution in [2.75, 3.05) is 58.3 Å². The Hall–Kier alpha value is -5.56. The number of ether oxygens (including phenoxy) is 2. The molecule has 0 spiro atoms. The first-order valence-corrected chi connectivity index (χ1v) is 31.4. The highest BCUT2D eigenvalue weighted by Gasteiger charge is 2.38. The van der Waals surface area contributed by atoms with Crippen molar-refractivity contribution in [2.45, 2.75) is 86.9 Å².